The minimum atomic E-state index is -4.18. The van der Waals surface area contributed by atoms with Crippen molar-refractivity contribution in [2.75, 3.05) is 10.8 Å². The third-order valence-corrected chi connectivity index (χ3v) is 8.42. The number of hydrogen-bond acceptors (Lipinski definition) is 4. The first-order valence-electron chi connectivity index (χ1n) is 12.7. The quantitative estimate of drug-likeness (QED) is 0.314. The van der Waals surface area contributed by atoms with Gasteiger partial charge in [0.15, 0.2) is 0 Å². The van der Waals surface area contributed by atoms with Gasteiger partial charge < -0.3 is 10.2 Å². The molecular weight excluding hydrogens is 541 g/mol. The zero-order valence-electron chi connectivity index (χ0n) is 22.2. The standard InChI is InChI=1S/C29H33ClFN3O4S/c1-4-21(3)32-29(36)27(5-2)33(19-22-11-15-24(31)16-12-22)28(35)20-34(25-9-7-6-8-10-25)39(37,38)26-17-13-23(30)14-18-26/h6-18,21,27H,4-5,19-20H2,1-3H3,(H,32,36)/t21-,27-/m1/s1. The number of nitrogens with one attached hydrogen (secondary N) is 1. The summed E-state index contributed by atoms with van der Waals surface area (Å²) in [4.78, 5) is 28.5. The monoisotopic (exact) mass is 573 g/mol. The largest absolute Gasteiger partial charge is 0.352 e. The van der Waals surface area contributed by atoms with Crippen molar-refractivity contribution in [2.45, 2.75) is 57.1 Å². The van der Waals surface area contributed by atoms with Crippen LogP contribution in [-0.4, -0.2) is 43.8 Å². The van der Waals surface area contributed by atoms with Gasteiger partial charge in [-0.1, -0.05) is 55.8 Å². The third kappa shape index (κ3) is 7.80. The van der Waals surface area contributed by atoms with Crippen LogP contribution in [0.1, 0.15) is 39.2 Å². The fraction of sp³-hybridized carbons (Fsp3) is 0.310. The Labute approximate surface area is 234 Å². The van der Waals surface area contributed by atoms with Crippen molar-refractivity contribution in [3.05, 3.63) is 95.3 Å². The van der Waals surface area contributed by atoms with Gasteiger partial charge in [0.25, 0.3) is 10.0 Å². The van der Waals surface area contributed by atoms with Crippen molar-refractivity contribution >= 4 is 39.1 Å². The summed E-state index contributed by atoms with van der Waals surface area (Å²) < 4.78 is 42.1. The van der Waals surface area contributed by atoms with Crippen molar-refractivity contribution < 1.29 is 22.4 Å². The van der Waals surface area contributed by atoms with Gasteiger partial charge in [0.2, 0.25) is 11.8 Å². The van der Waals surface area contributed by atoms with Crippen LogP contribution < -0.4 is 9.62 Å². The molecule has 0 spiro atoms. The molecule has 0 aliphatic rings. The third-order valence-electron chi connectivity index (χ3n) is 6.38. The molecule has 0 aromatic heterocycles. The lowest BCUT2D eigenvalue weighted by atomic mass is 10.1. The lowest BCUT2D eigenvalue weighted by Crippen LogP contribution is -2.53. The lowest BCUT2D eigenvalue weighted by Gasteiger charge is -2.33. The van der Waals surface area contributed by atoms with Gasteiger partial charge in [0, 0.05) is 17.6 Å². The number of para-hydroxylation sites is 1. The van der Waals surface area contributed by atoms with Gasteiger partial charge in [-0.05, 0) is 73.9 Å². The summed E-state index contributed by atoms with van der Waals surface area (Å²) in [7, 11) is -4.18. The van der Waals surface area contributed by atoms with Gasteiger partial charge in [0.1, 0.15) is 18.4 Å². The molecule has 39 heavy (non-hydrogen) atoms. The molecule has 3 aromatic rings. The van der Waals surface area contributed by atoms with Crippen LogP contribution >= 0.6 is 11.6 Å². The molecule has 3 rings (SSSR count). The Morgan fingerprint density at radius 1 is 0.923 bits per heavy atom. The predicted octanol–water partition coefficient (Wildman–Crippen LogP) is 5.40. The van der Waals surface area contributed by atoms with Crippen LogP contribution in [0.15, 0.2) is 83.8 Å². The van der Waals surface area contributed by atoms with Gasteiger partial charge in [0.05, 0.1) is 10.6 Å². The van der Waals surface area contributed by atoms with Crippen LogP contribution in [0.5, 0.6) is 0 Å². The number of rotatable bonds is 12. The summed E-state index contributed by atoms with van der Waals surface area (Å²) >= 11 is 5.97. The topological polar surface area (TPSA) is 86.8 Å². The Kier molecular flexibility index (Phi) is 10.5. The lowest BCUT2D eigenvalue weighted by molar-refractivity contribution is -0.140. The summed E-state index contributed by atoms with van der Waals surface area (Å²) in [6, 6.07) is 18.6. The Balaban J connectivity index is 2.02. The van der Waals surface area contributed by atoms with Gasteiger partial charge in [-0.15, -0.1) is 0 Å². The number of halogens is 2. The second-order valence-electron chi connectivity index (χ2n) is 9.19. The van der Waals surface area contributed by atoms with E-state index in [1.807, 2.05) is 13.8 Å². The molecule has 0 heterocycles. The average Bonchev–Trinajstić information content (AvgIpc) is 2.93. The van der Waals surface area contributed by atoms with Crippen LogP contribution in [0, 0.1) is 5.82 Å². The van der Waals surface area contributed by atoms with E-state index in [0.29, 0.717) is 29.1 Å². The zero-order chi connectivity index (χ0) is 28.6. The number of carbonyl (C=O) groups excluding carboxylic acids is 2. The van der Waals surface area contributed by atoms with E-state index < -0.39 is 34.3 Å². The molecule has 0 bridgehead atoms. The molecule has 0 fully saturated rings. The Bertz CT molecular complexity index is 1350. The molecular formula is C29H33ClFN3O4S. The van der Waals surface area contributed by atoms with Gasteiger partial charge in [-0.2, -0.15) is 0 Å². The maximum absolute atomic E-state index is 13.9. The first-order valence-corrected chi connectivity index (χ1v) is 14.6. The van der Waals surface area contributed by atoms with Gasteiger partial charge in [-0.25, -0.2) is 12.8 Å². The normalized spacial score (nSPS) is 12.8. The predicted molar refractivity (Wildman–Crippen MR) is 151 cm³/mol. The molecule has 2 amide bonds. The van der Waals surface area contributed by atoms with Crippen LogP contribution in [0.2, 0.25) is 5.02 Å². The maximum Gasteiger partial charge on any atom is 0.264 e. The van der Waals surface area contributed by atoms with Crippen LogP contribution in [0.4, 0.5) is 10.1 Å². The first kappa shape index (κ1) is 30.1. The molecule has 0 unspecified atom stereocenters. The Morgan fingerprint density at radius 2 is 1.54 bits per heavy atom. The van der Waals surface area contributed by atoms with Crippen molar-refractivity contribution in [3.8, 4) is 0 Å². The molecule has 7 nitrogen and oxygen atoms in total. The maximum atomic E-state index is 13.9. The van der Waals surface area contributed by atoms with E-state index in [0.717, 1.165) is 4.31 Å². The number of benzene rings is 3. The van der Waals surface area contributed by atoms with Crippen LogP contribution in [0.25, 0.3) is 0 Å². The number of nitrogens with zero attached hydrogens (tertiary/aromatic N) is 2. The molecule has 1 N–H and O–H groups in total. The number of anilines is 1. The highest BCUT2D eigenvalue weighted by molar-refractivity contribution is 7.92. The molecule has 208 valence electrons. The van der Waals surface area contributed by atoms with Crippen molar-refractivity contribution in [1.82, 2.24) is 10.2 Å². The van der Waals surface area contributed by atoms with E-state index in [-0.39, 0.29) is 23.4 Å². The van der Waals surface area contributed by atoms with Crippen LogP contribution in [0.3, 0.4) is 0 Å². The first-order chi connectivity index (χ1) is 18.6. The average molecular weight is 574 g/mol. The molecule has 0 aliphatic heterocycles. The fourth-order valence-electron chi connectivity index (χ4n) is 4.00. The van der Waals surface area contributed by atoms with Crippen molar-refractivity contribution in [1.29, 1.82) is 0 Å². The SMILES string of the molecule is CC[C@@H](C)NC(=O)[C@@H](CC)N(Cc1ccc(F)cc1)C(=O)CN(c1ccccc1)S(=O)(=O)c1ccc(Cl)cc1. The fourth-order valence-corrected chi connectivity index (χ4v) is 5.54. The number of amides is 2. The highest BCUT2D eigenvalue weighted by Gasteiger charge is 2.33. The zero-order valence-corrected chi connectivity index (χ0v) is 23.8. The van der Waals surface area contributed by atoms with E-state index in [9.17, 15) is 22.4 Å². The summed E-state index contributed by atoms with van der Waals surface area (Å²) in [6.45, 7) is 5.03. The number of carbonyl (C=O) groups is 2. The van der Waals surface area contributed by atoms with Crippen molar-refractivity contribution in [2.24, 2.45) is 0 Å². The highest BCUT2D eigenvalue weighted by atomic mass is 35.5. The van der Waals surface area contributed by atoms with Crippen LogP contribution in [-0.2, 0) is 26.2 Å². The van der Waals surface area contributed by atoms with E-state index in [1.54, 1.807) is 37.3 Å². The minimum Gasteiger partial charge on any atom is -0.352 e. The summed E-state index contributed by atoms with van der Waals surface area (Å²) in [6.07, 6.45) is 1.000. The molecule has 0 aliphatic carbocycles. The smallest absolute Gasteiger partial charge is 0.264 e. The van der Waals surface area contributed by atoms with E-state index in [2.05, 4.69) is 5.32 Å². The second-order valence-corrected chi connectivity index (χ2v) is 11.5. The molecule has 10 heteroatoms. The highest BCUT2D eigenvalue weighted by Crippen LogP contribution is 2.25. The van der Waals surface area contributed by atoms with E-state index in [1.165, 1.54) is 53.4 Å². The molecule has 2 atom stereocenters. The summed E-state index contributed by atoms with van der Waals surface area (Å²) in [5, 5.41) is 3.29. The van der Waals surface area contributed by atoms with E-state index in [4.69, 9.17) is 11.6 Å². The molecule has 0 saturated carbocycles. The number of hydrogen-bond donors (Lipinski definition) is 1. The molecule has 3 aromatic carbocycles. The Hall–Kier alpha value is -3.43. The van der Waals surface area contributed by atoms with Gasteiger partial charge in [-0.3, -0.25) is 13.9 Å². The van der Waals surface area contributed by atoms with Gasteiger partial charge >= 0.3 is 0 Å². The van der Waals surface area contributed by atoms with Crippen molar-refractivity contribution in [3.63, 3.8) is 0 Å². The summed E-state index contributed by atoms with van der Waals surface area (Å²) in [5.41, 5.74) is 0.894. The minimum absolute atomic E-state index is 0.00479. The molecule has 0 saturated heterocycles. The van der Waals surface area contributed by atoms with E-state index >= 15 is 0 Å². The number of sulfonamides is 1. The molecule has 0 radical (unpaired) electrons. The summed E-state index contributed by atoms with van der Waals surface area (Å²) in [5.74, 6) is -1.34. The second kappa shape index (κ2) is 13.6. The Morgan fingerprint density at radius 3 is 2.10 bits per heavy atom.